The molecule has 1 fully saturated rings. The molecule has 24 heavy (non-hydrogen) atoms. The lowest BCUT2D eigenvalue weighted by atomic mass is 9.87. The van der Waals surface area contributed by atoms with Crippen LogP contribution in [0, 0.1) is 5.92 Å². The van der Waals surface area contributed by atoms with Gasteiger partial charge in [0, 0.05) is 12.3 Å². The topological polar surface area (TPSA) is 66.8 Å². The highest BCUT2D eigenvalue weighted by atomic mass is 16.5. The minimum Gasteiger partial charge on any atom is -0.392 e. The molecule has 0 aromatic rings. The van der Waals surface area contributed by atoms with Crippen LogP contribution in [0.5, 0.6) is 0 Å². The van der Waals surface area contributed by atoms with Gasteiger partial charge in [-0.05, 0) is 58.4 Å². The molecule has 1 heterocycles. The number of aliphatic hydroxyl groups excluding tert-OH is 2. The number of rotatable bonds is 8. The molecule has 3 atom stereocenters. The Morgan fingerprint density at radius 1 is 1.46 bits per heavy atom. The minimum absolute atomic E-state index is 0.0107. The molecule has 0 aromatic carbocycles. The molecule has 1 aliphatic heterocycles. The molecule has 1 aliphatic rings. The van der Waals surface area contributed by atoms with Crippen molar-refractivity contribution in [3.63, 3.8) is 0 Å². The molecule has 1 saturated heterocycles. The first-order valence-electron chi connectivity index (χ1n) is 9.05. The maximum absolute atomic E-state index is 12.1. The zero-order valence-electron chi connectivity index (χ0n) is 15.7. The number of Topliss-reactive ketones (excluding diaryl/α,β-unsaturated/α-hetero) is 1. The molecule has 4 heteroatoms. The predicted molar refractivity (Wildman–Crippen MR) is 96.8 cm³/mol. The first-order valence-corrected chi connectivity index (χ1v) is 9.05. The molecule has 0 saturated carbocycles. The van der Waals surface area contributed by atoms with Crippen LogP contribution in [0.1, 0.15) is 66.2 Å². The summed E-state index contributed by atoms with van der Waals surface area (Å²) in [5, 5.41) is 19.4. The van der Waals surface area contributed by atoms with E-state index in [9.17, 15) is 9.90 Å². The second kappa shape index (κ2) is 10.1. The Morgan fingerprint density at radius 2 is 2.17 bits per heavy atom. The summed E-state index contributed by atoms with van der Waals surface area (Å²) in [6, 6.07) is 0. The van der Waals surface area contributed by atoms with E-state index in [0.29, 0.717) is 19.4 Å². The van der Waals surface area contributed by atoms with E-state index in [-0.39, 0.29) is 18.3 Å². The first kappa shape index (κ1) is 21.1. The zero-order chi connectivity index (χ0) is 18.2. The Labute approximate surface area is 146 Å². The highest BCUT2D eigenvalue weighted by Crippen LogP contribution is 2.31. The van der Waals surface area contributed by atoms with Crippen LogP contribution < -0.4 is 0 Å². The van der Waals surface area contributed by atoms with E-state index in [4.69, 9.17) is 9.84 Å². The average Bonchev–Trinajstić information content (AvgIpc) is 2.66. The highest BCUT2D eigenvalue weighted by molar-refractivity contribution is 5.82. The van der Waals surface area contributed by atoms with Gasteiger partial charge in [-0.2, -0.15) is 0 Å². The Kier molecular flexibility index (Phi) is 8.88. The summed E-state index contributed by atoms with van der Waals surface area (Å²) >= 11 is 0. The summed E-state index contributed by atoms with van der Waals surface area (Å²) in [7, 11) is 0. The maximum Gasteiger partial charge on any atom is 0.139 e. The van der Waals surface area contributed by atoms with Gasteiger partial charge in [0.15, 0.2) is 0 Å². The summed E-state index contributed by atoms with van der Waals surface area (Å²) in [6.07, 6.45) is 7.56. The van der Waals surface area contributed by atoms with Crippen molar-refractivity contribution in [2.75, 3.05) is 13.2 Å². The van der Waals surface area contributed by atoms with Crippen molar-refractivity contribution in [3.05, 3.63) is 23.3 Å². The van der Waals surface area contributed by atoms with Crippen molar-refractivity contribution in [1.29, 1.82) is 0 Å². The Balaban J connectivity index is 2.48. The van der Waals surface area contributed by atoms with E-state index in [0.717, 1.165) is 31.3 Å². The van der Waals surface area contributed by atoms with Gasteiger partial charge < -0.3 is 14.9 Å². The SMILES string of the molecule is CC(C)=CCC(=O)[C@@H](C)CCC[C@]1(C)OC/C(=C/CO)CC[C@H]1O. The van der Waals surface area contributed by atoms with Crippen LogP contribution in [0.15, 0.2) is 23.3 Å². The summed E-state index contributed by atoms with van der Waals surface area (Å²) < 4.78 is 5.97. The van der Waals surface area contributed by atoms with Crippen molar-refractivity contribution < 1.29 is 19.7 Å². The van der Waals surface area contributed by atoms with Gasteiger partial charge in [0.1, 0.15) is 5.78 Å². The van der Waals surface area contributed by atoms with Crippen molar-refractivity contribution in [2.24, 2.45) is 5.92 Å². The molecule has 0 aromatic heterocycles. The molecule has 1 rings (SSSR count). The second-order valence-corrected chi connectivity index (χ2v) is 7.45. The van der Waals surface area contributed by atoms with E-state index in [1.807, 2.05) is 33.8 Å². The lowest BCUT2D eigenvalue weighted by molar-refractivity contribution is -0.122. The van der Waals surface area contributed by atoms with Crippen LogP contribution >= 0.6 is 0 Å². The van der Waals surface area contributed by atoms with Gasteiger partial charge in [-0.25, -0.2) is 0 Å². The van der Waals surface area contributed by atoms with Crippen molar-refractivity contribution in [3.8, 4) is 0 Å². The van der Waals surface area contributed by atoms with E-state index < -0.39 is 11.7 Å². The lowest BCUT2D eigenvalue weighted by Crippen LogP contribution is -2.41. The molecular weight excluding hydrogens is 304 g/mol. The Hall–Kier alpha value is -0.970. The number of allylic oxidation sites excluding steroid dienone is 2. The molecule has 0 bridgehead atoms. The van der Waals surface area contributed by atoms with E-state index in [1.165, 1.54) is 5.57 Å². The van der Waals surface area contributed by atoms with Gasteiger partial charge in [0.2, 0.25) is 0 Å². The first-order chi connectivity index (χ1) is 11.3. The molecule has 4 nitrogen and oxygen atoms in total. The molecule has 0 spiro atoms. The van der Waals surface area contributed by atoms with Crippen LogP contribution in [0.2, 0.25) is 0 Å². The standard InChI is InChI=1S/C20H34O4/c1-15(2)7-9-18(22)16(3)6-5-12-20(4)19(23)10-8-17(11-13-21)14-24-20/h7,11,16,19,21,23H,5-6,8-10,12-14H2,1-4H3/b17-11+/t16-,19+,20-/m0/s1. The number of carbonyl (C=O) groups excluding carboxylic acids is 1. The normalized spacial score (nSPS) is 27.6. The Morgan fingerprint density at radius 3 is 2.79 bits per heavy atom. The number of ketones is 1. The monoisotopic (exact) mass is 338 g/mol. The Bertz CT molecular complexity index is 462. The molecular formula is C20H34O4. The molecule has 0 unspecified atom stereocenters. The fraction of sp³-hybridized carbons (Fsp3) is 0.750. The molecule has 0 radical (unpaired) electrons. The van der Waals surface area contributed by atoms with Crippen molar-refractivity contribution in [2.45, 2.75) is 77.9 Å². The van der Waals surface area contributed by atoms with Crippen LogP contribution in [0.3, 0.4) is 0 Å². The molecule has 0 amide bonds. The lowest BCUT2D eigenvalue weighted by Gasteiger charge is -2.33. The molecule has 138 valence electrons. The number of hydrogen-bond donors (Lipinski definition) is 2. The van der Waals surface area contributed by atoms with Gasteiger partial charge in [-0.1, -0.05) is 24.6 Å². The number of hydrogen-bond acceptors (Lipinski definition) is 4. The minimum atomic E-state index is -0.576. The van der Waals surface area contributed by atoms with Gasteiger partial charge in [-0.15, -0.1) is 0 Å². The van der Waals surface area contributed by atoms with Gasteiger partial charge in [-0.3, -0.25) is 4.79 Å². The third kappa shape index (κ3) is 6.88. The van der Waals surface area contributed by atoms with Crippen LogP contribution in [-0.4, -0.2) is 40.9 Å². The van der Waals surface area contributed by atoms with E-state index >= 15 is 0 Å². The second-order valence-electron chi connectivity index (χ2n) is 7.45. The van der Waals surface area contributed by atoms with Crippen LogP contribution in [0.25, 0.3) is 0 Å². The quantitative estimate of drug-likeness (QED) is 0.664. The summed E-state index contributed by atoms with van der Waals surface area (Å²) in [6.45, 7) is 8.41. The number of ether oxygens (including phenoxy) is 1. The number of aliphatic hydroxyl groups is 2. The van der Waals surface area contributed by atoms with E-state index in [2.05, 4.69) is 0 Å². The summed E-state index contributed by atoms with van der Waals surface area (Å²) in [5.74, 6) is 0.314. The average molecular weight is 338 g/mol. The smallest absolute Gasteiger partial charge is 0.139 e. The fourth-order valence-corrected chi connectivity index (χ4v) is 3.01. The maximum atomic E-state index is 12.1. The van der Waals surface area contributed by atoms with E-state index in [1.54, 1.807) is 6.08 Å². The van der Waals surface area contributed by atoms with Gasteiger partial charge >= 0.3 is 0 Å². The third-order valence-corrected chi connectivity index (χ3v) is 4.98. The van der Waals surface area contributed by atoms with Gasteiger partial charge in [0.25, 0.3) is 0 Å². The summed E-state index contributed by atoms with van der Waals surface area (Å²) in [4.78, 5) is 12.1. The van der Waals surface area contributed by atoms with Crippen molar-refractivity contribution in [1.82, 2.24) is 0 Å². The fourth-order valence-electron chi connectivity index (χ4n) is 3.01. The predicted octanol–water partition coefficient (Wildman–Crippen LogP) is 3.57. The highest BCUT2D eigenvalue weighted by Gasteiger charge is 2.35. The molecule has 0 aliphatic carbocycles. The van der Waals surface area contributed by atoms with Crippen LogP contribution in [0.4, 0.5) is 0 Å². The van der Waals surface area contributed by atoms with Gasteiger partial charge in [0.05, 0.1) is 24.9 Å². The third-order valence-electron chi connectivity index (χ3n) is 4.98. The summed E-state index contributed by atoms with van der Waals surface area (Å²) in [5.41, 5.74) is 1.64. The molecule has 2 N–H and O–H groups in total. The number of carbonyl (C=O) groups is 1. The van der Waals surface area contributed by atoms with Crippen LogP contribution in [-0.2, 0) is 9.53 Å². The largest absolute Gasteiger partial charge is 0.392 e. The van der Waals surface area contributed by atoms with Crippen molar-refractivity contribution >= 4 is 5.78 Å². The zero-order valence-corrected chi connectivity index (χ0v) is 15.7.